The molecule has 0 aliphatic carbocycles. The molecule has 2 aromatic heterocycles. The molecule has 18 heavy (non-hydrogen) atoms. The van der Waals surface area contributed by atoms with Crippen LogP contribution in [0.2, 0.25) is 5.15 Å². The van der Waals surface area contributed by atoms with E-state index in [0.29, 0.717) is 10.8 Å². The average Bonchev–Trinajstić information content (AvgIpc) is 2.93. The van der Waals surface area contributed by atoms with Crippen LogP contribution in [-0.2, 0) is 4.74 Å². The Morgan fingerprint density at radius 1 is 1.44 bits per heavy atom. The molecule has 94 valence electrons. The van der Waals surface area contributed by atoms with E-state index in [1.807, 2.05) is 12.2 Å². The highest BCUT2D eigenvalue weighted by Crippen LogP contribution is 2.28. The summed E-state index contributed by atoms with van der Waals surface area (Å²) >= 11 is 6.00. The van der Waals surface area contributed by atoms with Crippen molar-refractivity contribution < 1.29 is 9.84 Å². The van der Waals surface area contributed by atoms with Gasteiger partial charge in [0, 0.05) is 6.20 Å². The number of fused-ring (bicyclic) bond motifs is 1. The molecule has 2 aromatic rings. The molecular weight excluding hydrogens is 256 g/mol. The lowest BCUT2D eigenvalue weighted by Crippen LogP contribution is -2.15. The summed E-state index contributed by atoms with van der Waals surface area (Å²) in [6.07, 6.45) is 4.86. The molecule has 0 aromatic carbocycles. The van der Waals surface area contributed by atoms with Crippen LogP contribution in [-0.4, -0.2) is 32.4 Å². The summed E-state index contributed by atoms with van der Waals surface area (Å²) in [4.78, 5) is 8.05. The van der Waals surface area contributed by atoms with E-state index in [4.69, 9.17) is 27.2 Å². The van der Waals surface area contributed by atoms with Crippen molar-refractivity contribution in [1.29, 1.82) is 0 Å². The number of halogens is 1. The Bertz CT molecular complexity index is 625. The van der Waals surface area contributed by atoms with E-state index in [1.54, 1.807) is 16.8 Å². The number of nitrogens with two attached hydrogens (primary N) is 1. The largest absolute Gasteiger partial charge is 0.393 e. The molecule has 6 nitrogen and oxygen atoms in total. The van der Waals surface area contributed by atoms with Gasteiger partial charge in [-0.25, -0.2) is 4.98 Å². The first kappa shape index (κ1) is 11.5. The number of nitrogens with zero attached hydrogens (tertiary/aromatic N) is 3. The number of rotatable bonds is 2. The maximum absolute atomic E-state index is 9.03. The Balaban J connectivity index is 2.06. The first-order valence-corrected chi connectivity index (χ1v) is 5.81. The number of hydrogen-bond donors (Lipinski definition) is 2. The Hall–Kier alpha value is -1.63. The lowest BCUT2D eigenvalue weighted by Gasteiger charge is -2.14. The molecule has 0 radical (unpaired) electrons. The number of aliphatic hydroxyl groups excluding tert-OH is 1. The first-order valence-electron chi connectivity index (χ1n) is 5.43. The van der Waals surface area contributed by atoms with E-state index < -0.39 is 0 Å². The molecule has 0 saturated carbocycles. The van der Waals surface area contributed by atoms with E-state index in [2.05, 4.69) is 9.97 Å². The Kier molecular flexibility index (Phi) is 2.70. The number of hydrogen-bond acceptors (Lipinski definition) is 5. The van der Waals surface area contributed by atoms with Crippen molar-refractivity contribution in [2.45, 2.75) is 12.3 Å². The van der Waals surface area contributed by atoms with Gasteiger partial charge in [-0.05, 0) is 12.1 Å². The summed E-state index contributed by atoms with van der Waals surface area (Å²) < 4.78 is 7.40. The van der Waals surface area contributed by atoms with Crippen molar-refractivity contribution in [3.05, 3.63) is 29.6 Å². The molecule has 3 heterocycles. The molecule has 2 atom stereocenters. The minimum atomic E-state index is -0.315. The Morgan fingerprint density at radius 3 is 3.00 bits per heavy atom. The van der Waals surface area contributed by atoms with Gasteiger partial charge in [0.1, 0.15) is 16.9 Å². The predicted molar refractivity (Wildman–Crippen MR) is 67.1 cm³/mol. The SMILES string of the molecule is Nc1nc(Cl)c2ccn([C@H]3C=C[C@@H](CO)O3)c2n1. The van der Waals surface area contributed by atoms with E-state index in [-0.39, 0.29) is 24.9 Å². The fraction of sp³-hybridized carbons (Fsp3) is 0.273. The minimum Gasteiger partial charge on any atom is -0.393 e. The van der Waals surface area contributed by atoms with Crippen LogP contribution >= 0.6 is 11.6 Å². The zero-order valence-electron chi connectivity index (χ0n) is 9.32. The van der Waals surface area contributed by atoms with Crippen LogP contribution in [0.15, 0.2) is 24.4 Å². The van der Waals surface area contributed by atoms with Crippen molar-refractivity contribution in [3.8, 4) is 0 Å². The topological polar surface area (TPSA) is 86.2 Å². The van der Waals surface area contributed by atoms with Crippen LogP contribution < -0.4 is 5.73 Å². The normalized spacial score (nSPS) is 23.0. The number of ether oxygens (including phenoxy) is 1. The summed E-state index contributed by atoms with van der Waals surface area (Å²) in [5.74, 6) is 0.119. The molecule has 1 aliphatic rings. The smallest absolute Gasteiger partial charge is 0.223 e. The van der Waals surface area contributed by atoms with Gasteiger partial charge < -0.3 is 20.1 Å². The van der Waals surface area contributed by atoms with Crippen LogP contribution in [0.5, 0.6) is 0 Å². The Labute approximate surface area is 108 Å². The summed E-state index contributed by atoms with van der Waals surface area (Å²) in [5.41, 5.74) is 6.20. The molecular formula is C11H11ClN4O2. The second-order valence-corrected chi connectivity index (χ2v) is 4.32. The van der Waals surface area contributed by atoms with E-state index >= 15 is 0 Å². The van der Waals surface area contributed by atoms with Gasteiger partial charge in [-0.3, -0.25) is 0 Å². The van der Waals surface area contributed by atoms with Crippen LogP contribution in [0, 0.1) is 0 Å². The highest BCUT2D eigenvalue weighted by molar-refractivity contribution is 6.34. The van der Waals surface area contributed by atoms with Crippen molar-refractivity contribution in [3.63, 3.8) is 0 Å². The van der Waals surface area contributed by atoms with Gasteiger partial charge >= 0.3 is 0 Å². The quantitative estimate of drug-likeness (QED) is 0.628. The summed E-state index contributed by atoms with van der Waals surface area (Å²) in [7, 11) is 0. The second-order valence-electron chi connectivity index (χ2n) is 3.97. The van der Waals surface area contributed by atoms with Gasteiger partial charge in [0.2, 0.25) is 5.95 Å². The van der Waals surface area contributed by atoms with Crippen molar-refractivity contribution in [1.82, 2.24) is 14.5 Å². The lowest BCUT2D eigenvalue weighted by molar-refractivity contribution is -0.00612. The molecule has 0 fully saturated rings. The van der Waals surface area contributed by atoms with E-state index in [9.17, 15) is 0 Å². The average molecular weight is 267 g/mol. The highest BCUT2D eigenvalue weighted by Gasteiger charge is 2.22. The zero-order valence-corrected chi connectivity index (χ0v) is 10.1. The first-order chi connectivity index (χ1) is 8.69. The summed E-state index contributed by atoms with van der Waals surface area (Å²) in [5, 5.41) is 10.1. The van der Waals surface area contributed by atoms with Gasteiger partial charge in [-0.15, -0.1) is 0 Å². The second kappa shape index (κ2) is 4.24. The van der Waals surface area contributed by atoms with Gasteiger partial charge in [-0.1, -0.05) is 17.7 Å². The van der Waals surface area contributed by atoms with Crippen LogP contribution in [0.1, 0.15) is 6.23 Å². The maximum atomic E-state index is 9.03. The van der Waals surface area contributed by atoms with Crippen LogP contribution in [0.4, 0.5) is 5.95 Å². The Morgan fingerprint density at radius 2 is 2.28 bits per heavy atom. The monoisotopic (exact) mass is 266 g/mol. The fourth-order valence-electron chi connectivity index (χ4n) is 1.97. The van der Waals surface area contributed by atoms with E-state index in [1.165, 1.54) is 0 Å². The number of aromatic nitrogens is 3. The molecule has 0 bridgehead atoms. The van der Waals surface area contributed by atoms with Gasteiger partial charge in [0.25, 0.3) is 0 Å². The van der Waals surface area contributed by atoms with Crippen molar-refractivity contribution in [2.24, 2.45) is 0 Å². The standard InChI is InChI=1S/C11H11ClN4O2/c12-9-7-3-4-16(10(7)15-11(13)14-9)8-2-1-6(5-17)18-8/h1-4,6,8,17H,5H2,(H2,13,14,15)/t6-,8+/m0/s1. The van der Waals surface area contributed by atoms with Gasteiger partial charge in [0.05, 0.1) is 12.0 Å². The lowest BCUT2D eigenvalue weighted by atomic mass is 10.4. The van der Waals surface area contributed by atoms with Crippen molar-refractivity contribution in [2.75, 3.05) is 12.3 Å². The van der Waals surface area contributed by atoms with Gasteiger partial charge in [-0.2, -0.15) is 4.98 Å². The van der Waals surface area contributed by atoms with Gasteiger partial charge in [0.15, 0.2) is 6.23 Å². The highest BCUT2D eigenvalue weighted by atomic mass is 35.5. The zero-order chi connectivity index (χ0) is 12.7. The number of nitrogen functional groups attached to an aromatic ring is 1. The van der Waals surface area contributed by atoms with E-state index in [0.717, 1.165) is 5.39 Å². The number of anilines is 1. The molecule has 7 heteroatoms. The minimum absolute atomic E-state index is 0.0515. The van der Waals surface area contributed by atoms with Crippen molar-refractivity contribution >= 4 is 28.6 Å². The molecule has 0 spiro atoms. The molecule has 1 aliphatic heterocycles. The molecule has 3 rings (SSSR count). The summed E-state index contributed by atoms with van der Waals surface area (Å²) in [6.45, 7) is -0.0515. The third kappa shape index (κ3) is 1.74. The number of aliphatic hydroxyl groups is 1. The predicted octanol–water partition coefficient (Wildman–Crippen LogP) is 1.11. The molecule has 0 saturated heterocycles. The molecule has 3 N–H and O–H groups in total. The third-order valence-electron chi connectivity index (χ3n) is 2.80. The third-order valence-corrected chi connectivity index (χ3v) is 3.09. The molecule has 0 amide bonds. The molecule has 0 unspecified atom stereocenters. The fourth-order valence-corrected chi connectivity index (χ4v) is 2.20. The maximum Gasteiger partial charge on any atom is 0.223 e. The van der Waals surface area contributed by atoms with Crippen LogP contribution in [0.3, 0.4) is 0 Å². The van der Waals surface area contributed by atoms with Crippen LogP contribution in [0.25, 0.3) is 11.0 Å². The summed E-state index contributed by atoms with van der Waals surface area (Å²) in [6, 6.07) is 1.81.